The first-order valence-electron chi connectivity index (χ1n) is 9.13. The van der Waals surface area contributed by atoms with Gasteiger partial charge in [-0.2, -0.15) is 0 Å². The van der Waals surface area contributed by atoms with Crippen LogP contribution in [0.25, 0.3) is 11.0 Å². The zero-order chi connectivity index (χ0) is 17.5. The fourth-order valence-corrected chi connectivity index (χ4v) is 4.81. The molecule has 4 nitrogen and oxygen atoms in total. The Morgan fingerprint density at radius 2 is 1.48 bits per heavy atom. The molecule has 0 radical (unpaired) electrons. The van der Waals surface area contributed by atoms with E-state index in [-0.39, 0.29) is 18.8 Å². The highest BCUT2D eigenvalue weighted by molar-refractivity contribution is 6.90. The summed E-state index contributed by atoms with van der Waals surface area (Å²) >= 11 is 0. The van der Waals surface area contributed by atoms with Crippen LogP contribution in [-0.2, 0) is 0 Å². The molecule has 4 aromatic rings. The first-order valence-corrected chi connectivity index (χ1v) is 9.13. The molecule has 2 atom stereocenters. The van der Waals surface area contributed by atoms with Crippen LogP contribution >= 0.6 is 0 Å². The van der Waals surface area contributed by atoms with Gasteiger partial charge >= 0.3 is 0 Å². The maximum atomic E-state index is 6.26. The molecule has 1 aromatic heterocycles. The van der Waals surface area contributed by atoms with E-state index in [4.69, 9.17) is 18.6 Å². The van der Waals surface area contributed by atoms with Gasteiger partial charge < -0.3 is 18.6 Å². The topological polar surface area (TPSA) is 40.8 Å². The van der Waals surface area contributed by atoms with E-state index < -0.39 is 0 Å². The van der Waals surface area contributed by atoms with Crippen LogP contribution in [0, 0.1) is 0 Å². The number of hydrogen-bond donors (Lipinski definition) is 0. The van der Waals surface area contributed by atoms with E-state index in [0.29, 0.717) is 5.95 Å². The van der Waals surface area contributed by atoms with Crippen molar-refractivity contribution in [3.05, 3.63) is 72.3 Å². The Hall–Kier alpha value is -3.34. The van der Waals surface area contributed by atoms with Crippen molar-refractivity contribution in [3.63, 3.8) is 0 Å². The lowest BCUT2D eigenvalue weighted by atomic mass is 9.31. The summed E-state index contributed by atoms with van der Waals surface area (Å²) < 4.78 is 24.7. The van der Waals surface area contributed by atoms with Crippen LogP contribution in [0.5, 0.6) is 23.2 Å². The summed E-state index contributed by atoms with van der Waals surface area (Å²) in [5, 5.41) is 1.09. The number of para-hydroxylation sites is 2. The quantitative estimate of drug-likeness (QED) is 0.454. The summed E-state index contributed by atoms with van der Waals surface area (Å²) in [4.78, 5) is 0. The largest absolute Gasteiger partial charge is 0.455 e. The number of benzene rings is 3. The summed E-state index contributed by atoms with van der Waals surface area (Å²) in [6, 6.07) is 22.2. The van der Waals surface area contributed by atoms with Crippen LogP contribution in [0.15, 0.2) is 71.1 Å². The molecule has 128 valence electrons. The Morgan fingerprint density at radius 3 is 2.48 bits per heavy atom. The van der Waals surface area contributed by atoms with E-state index in [0.717, 1.165) is 39.1 Å². The van der Waals surface area contributed by atoms with Crippen LogP contribution in [-0.4, -0.2) is 13.0 Å². The molecule has 0 bridgehead atoms. The van der Waals surface area contributed by atoms with Crippen molar-refractivity contribution in [2.45, 2.75) is 12.1 Å². The highest BCUT2D eigenvalue weighted by Gasteiger charge is 2.54. The molecular weight excluding hydrogens is 339 g/mol. The monoisotopic (exact) mass is 352 g/mol. The zero-order valence-electron chi connectivity index (χ0n) is 14.2. The number of hydrogen-bond acceptors (Lipinski definition) is 4. The fraction of sp³-hybridized carbons (Fsp3) is 0.0909. The van der Waals surface area contributed by atoms with Gasteiger partial charge in [-0.3, -0.25) is 0 Å². The van der Waals surface area contributed by atoms with E-state index in [1.165, 1.54) is 5.56 Å². The van der Waals surface area contributed by atoms with Gasteiger partial charge in [-0.05, 0) is 29.8 Å². The first-order chi connectivity index (χ1) is 13.4. The molecule has 0 saturated heterocycles. The van der Waals surface area contributed by atoms with Crippen molar-refractivity contribution in [1.82, 2.24) is 0 Å². The Labute approximate surface area is 155 Å². The van der Waals surface area contributed by atoms with Crippen LogP contribution < -0.4 is 25.1 Å². The molecule has 0 saturated carbocycles. The predicted molar refractivity (Wildman–Crippen MR) is 102 cm³/mol. The van der Waals surface area contributed by atoms with Gasteiger partial charge in [0, 0.05) is 22.1 Å². The van der Waals surface area contributed by atoms with Crippen molar-refractivity contribution in [1.29, 1.82) is 0 Å². The highest BCUT2D eigenvalue weighted by atomic mass is 16.7. The molecule has 0 aliphatic carbocycles. The van der Waals surface area contributed by atoms with Crippen molar-refractivity contribution >= 4 is 28.6 Å². The normalized spacial score (nSPS) is 20.7. The predicted octanol–water partition coefficient (Wildman–Crippen LogP) is 3.58. The van der Waals surface area contributed by atoms with Crippen LogP contribution in [0.1, 0.15) is 11.4 Å². The van der Waals surface area contributed by atoms with Gasteiger partial charge in [0.15, 0.2) is 0 Å². The second kappa shape index (κ2) is 4.68. The van der Waals surface area contributed by atoms with Crippen molar-refractivity contribution < 1.29 is 18.6 Å². The fourth-order valence-electron chi connectivity index (χ4n) is 4.81. The summed E-state index contributed by atoms with van der Waals surface area (Å²) in [5.74, 6) is 3.14. The van der Waals surface area contributed by atoms with Crippen LogP contribution in [0.4, 0.5) is 0 Å². The lowest BCUT2D eigenvalue weighted by molar-refractivity contribution is 0.0179. The van der Waals surface area contributed by atoms with Crippen LogP contribution in [0.3, 0.4) is 0 Å². The molecule has 5 heteroatoms. The molecule has 7 rings (SSSR count). The van der Waals surface area contributed by atoms with Gasteiger partial charge in [0.1, 0.15) is 22.8 Å². The molecule has 3 aliphatic heterocycles. The molecular formula is C22H13BO4. The van der Waals surface area contributed by atoms with E-state index in [2.05, 4.69) is 18.2 Å². The third-order valence-corrected chi connectivity index (χ3v) is 5.87. The van der Waals surface area contributed by atoms with Gasteiger partial charge in [-0.15, -0.1) is 0 Å². The lowest BCUT2D eigenvalue weighted by Crippen LogP contribution is -2.58. The summed E-state index contributed by atoms with van der Waals surface area (Å²) in [5.41, 5.74) is 4.18. The van der Waals surface area contributed by atoms with E-state index in [1.807, 2.05) is 48.5 Å². The van der Waals surface area contributed by atoms with Gasteiger partial charge in [0.2, 0.25) is 13.0 Å². The van der Waals surface area contributed by atoms with Gasteiger partial charge in [0.25, 0.3) is 5.95 Å². The second-order valence-corrected chi connectivity index (χ2v) is 7.21. The van der Waals surface area contributed by atoms with Gasteiger partial charge in [-0.1, -0.05) is 42.5 Å². The maximum Gasteiger partial charge on any atom is 0.285 e. The molecule has 0 spiro atoms. The molecule has 3 aliphatic rings. The minimum Gasteiger partial charge on any atom is -0.455 e. The minimum absolute atomic E-state index is 0.0542. The Bertz CT molecular complexity index is 1240. The average molecular weight is 352 g/mol. The molecule has 27 heavy (non-hydrogen) atoms. The SMILES string of the molecule is c1ccc2c(c1)O[C@H]1Oc3cccc4c3B(c3c(oc5ccccc35)O4)C21. The van der Waals surface area contributed by atoms with Crippen molar-refractivity contribution in [3.8, 4) is 23.2 Å². The Balaban J connectivity index is 1.58. The standard InChI is InChI=1S/C22H13BO4/c1-3-8-14-12(6-1)18-21(24-14)26-16-10-5-11-17-20(16)23(18)19-13-7-2-4-9-15(13)25-22(19)27-17/h1-11,18,21H/t18?,21-/m0/s1. The average Bonchev–Trinajstić information content (AvgIpc) is 3.25. The van der Waals surface area contributed by atoms with E-state index >= 15 is 0 Å². The molecule has 1 unspecified atom stereocenters. The third-order valence-electron chi connectivity index (χ3n) is 5.87. The lowest BCUT2D eigenvalue weighted by Gasteiger charge is -2.35. The molecule has 0 N–H and O–H groups in total. The number of fused-ring (bicyclic) bond motifs is 8. The summed E-state index contributed by atoms with van der Waals surface area (Å²) in [6.07, 6.45) is -0.352. The first kappa shape index (κ1) is 13.8. The minimum atomic E-state index is -0.352. The van der Waals surface area contributed by atoms with Crippen LogP contribution in [0.2, 0.25) is 0 Å². The van der Waals surface area contributed by atoms with Gasteiger partial charge in [-0.25, -0.2) is 0 Å². The maximum absolute atomic E-state index is 6.26. The van der Waals surface area contributed by atoms with E-state index in [9.17, 15) is 0 Å². The van der Waals surface area contributed by atoms with E-state index in [1.54, 1.807) is 0 Å². The zero-order valence-corrected chi connectivity index (χ0v) is 14.2. The number of rotatable bonds is 0. The smallest absolute Gasteiger partial charge is 0.285 e. The Morgan fingerprint density at radius 1 is 0.704 bits per heavy atom. The molecule has 0 amide bonds. The van der Waals surface area contributed by atoms with Gasteiger partial charge in [0.05, 0.1) is 0 Å². The second-order valence-electron chi connectivity index (χ2n) is 7.21. The number of furan rings is 1. The summed E-state index contributed by atoms with van der Waals surface area (Å²) in [6.45, 7) is 0.0611. The number of ether oxygens (including phenoxy) is 3. The third kappa shape index (κ3) is 1.65. The summed E-state index contributed by atoms with van der Waals surface area (Å²) in [7, 11) is 0. The molecule has 0 fully saturated rings. The highest BCUT2D eigenvalue weighted by Crippen LogP contribution is 2.47. The molecule has 4 heterocycles. The van der Waals surface area contributed by atoms with Crippen molar-refractivity contribution in [2.24, 2.45) is 0 Å². The Kier molecular flexibility index (Phi) is 2.40. The molecule has 3 aromatic carbocycles. The van der Waals surface area contributed by atoms with Crippen molar-refractivity contribution in [2.75, 3.05) is 0 Å².